The van der Waals surface area contributed by atoms with Gasteiger partial charge in [-0.05, 0) is 13.3 Å². The second-order valence-electron chi connectivity index (χ2n) is 4.59. The van der Waals surface area contributed by atoms with Crippen LogP contribution < -0.4 is 16.4 Å². The summed E-state index contributed by atoms with van der Waals surface area (Å²) in [5.74, 6) is -1.87. The Morgan fingerprint density at radius 1 is 1.42 bits per heavy atom. The summed E-state index contributed by atoms with van der Waals surface area (Å²) in [6.45, 7) is 3.06. The van der Waals surface area contributed by atoms with Crippen molar-refractivity contribution in [3.63, 3.8) is 0 Å². The van der Waals surface area contributed by atoms with E-state index in [-0.39, 0.29) is 12.0 Å². The molecule has 8 nitrogen and oxygen atoms in total. The SMILES string of the molecule is CC(NC(=O)N[C@@H](CC(N)=O)C(=O)O)C1CCOC1. The van der Waals surface area contributed by atoms with Gasteiger partial charge in [-0.2, -0.15) is 0 Å². The lowest BCUT2D eigenvalue weighted by molar-refractivity contribution is -0.140. The van der Waals surface area contributed by atoms with Gasteiger partial charge in [-0.3, -0.25) is 4.79 Å². The van der Waals surface area contributed by atoms with Crippen molar-refractivity contribution in [1.29, 1.82) is 0 Å². The monoisotopic (exact) mass is 273 g/mol. The minimum Gasteiger partial charge on any atom is -0.480 e. The topological polar surface area (TPSA) is 131 Å². The summed E-state index contributed by atoms with van der Waals surface area (Å²) in [5, 5.41) is 13.7. The van der Waals surface area contributed by atoms with Gasteiger partial charge >= 0.3 is 12.0 Å². The molecule has 0 spiro atoms. The molecule has 1 heterocycles. The lowest BCUT2D eigenvalue weighted by atomic mass is 10.0. The molecule has 1 aliphatic rings. The Bertz CT molecular complexity index is 354. The van der Waals surface area contributed by atoms with Crippen molar-refractivity contribution < 1.29 is 24.2 Å². The third-order valence-electron chi connectivity index (χ3n) is 3.04. The fourth-order valence-corrected chi connectivity index (χ4v) is 1.87. The molecule has 0 aromatic carbocycles. The number of amides is 3. The number of carbonyl (C=O) groups is 3. The molecule has 5 N–H and O–H groups in total. The van der Waals surface area contributed by atoms with Gasteiger partial charge in [0.1, 0.15) is 6.04 Å². The number of hydrogen-bond donors (Lipinski definition) is 4. The molecule has 0 aromatic heterocycles. The highest BCUT2D eigenvalue weighted by Crippen LogP contribution is 2.16. The van der Waals surface area contributed by atoms with Gasteiger partial charge < -0.3 is 26.2 Å². The zero-order valence-corrected chi connectivity index (χ0v) is 10.7. The summed E-state index contributed by atoms with van der Waals surface area (Å²) >= 11 is 0. The van der Waals surface area contributed by atoms with Gasteiger partial charge in [0.25, 0.3) is 0 Å². The smallest absolute Gasteiger partial charge is 0.326 e. The predicted molar refractivity (Wildman–Crippen MR) is 65.3 cm³/mol. The maximum absolute atomic E-state index is 11.6. The van der Waals surface area contributed by atoms with Gasteiger partial charge in [0.15, 0.2) is 0 Å². The second kappa shape index (κ2) is 6.93. The molecular weight excluding hydrogens is 254 g/mol. The molecule has 0 aliphatic carbocycles. The van der Waals surface area contributed by atoms with Crippen LogP contribution in [0, 0.1) is 5.92 Å². The van der Waals surface area contributed by atoms with E-state index in [0.29, 0.717) is 13.2 Å². The Balaban J connectivity index is 2.43. The van der Waals surface area contributed by atoms with E-state index in [2.05, 4.69) is 10.6 Å². The number of aliphatic carboxylic acids is 1. The number of primary amides is 1. The Kier molecular flexibility index (Phi) is 5.56. The highest BCUT2D eigenvalue weighted by molar-refractivity contribution is 5.87. The molecule has 2 unspecified atom stereocenters. The Labute approximate surface area is 110 Å². The average molecular weight is 273 g/mol. The van der Waals surface area contributed by atoms with E-state index < -0.39 is 30.4 Å². The summed E-state index contributed by atoms with van der Waals surface area (Å²) in [4.78, 5) is 33.2. The Morgan fingerprint density at radius 3 is 2.58 bits per heavy atom. The first-order chi connectivity index (χ1) is 8.90. The normalized spacial score (nSPS) is 21.4. The summed E-state index contributed by atoms with van der Waals surface area (Å²) < 4.78 is 5.20. The van der Waals surface area contributed by atoms with Crippen LogP contribution in [0.5, 0.6) is 0 Å². The number of hydrogen-bond acceptors (Lipinski definition) is 4. The maximum Gasteiger partial charge on any atom is 0.326 e. The fourth-order valence-electron chi connectivity index (χ4n) is 1.87. The van der Waals surface area contributed by atoms with Gasteiger partial charge in [0, 0.05) is 18.6 Å². The number of rotatable bonds is 6. The zero-order valence-electron chi connectivity index (χ0n) is 10.7. The number of urea groups is 1. The van der Waals surface area contributed by atoms with Crippen molar-refractivity contribution in [2.24, 2.45) is 11.7 Å². The summed E-state index contributed by atoms with van der Waals surface area (Å²) in [6.07, 6.45) is 0.411. The van der Waals surface area contributed by atoms with Crippen molar-refractivity contribution in [3.8, 4) is 0 Å². The van der Waals surface area contributed by atoms with Crippen LogP contribution in [0.1, 0.15) is 19.8 Å². The molecule has 1 fully saturated rings. The van der Waals surface area contributed by atoms with Crippen LogP contribution in [0.4, 0.5) is 4.79 Å². The first-order valence-electron chi connectivity index (χ1n) is 6.06. The molecule has 0 aromatic rings. The van der Waals surface area contributed by atoms with Gasteiger partial charge in [-0.1, -0.05) is 0 Å². The highest BCUT2D eigenvalue weighted by atomic mass is 16.5. The number of carbonyl (C=O) groups excluding carboxylic acids is 2. The molecule has 1 aliphatic heterocycles. The van der Waals surface area contributed by atoms with Crippen LogP contribution in [-0.2, 0) is 14.3 Å². The van der Waals surface area contributed by atoms with E-state index in [1.807, 2.05) is 6.92 Å². The molecule has 3 atom stereocenters. The van der Waals surface area contributed by atoms with Crippen LogP contribution in [0.15, 0.2) is 0 Å². The van der Waals surface area contributed by atoms with Gasteiger partial charge in [0.2, 0.25) is 5.91 Å². The van der Waals surface area contributed by atoms with Crippen LogP contribution in [0.3, 0.4) is 0 Å². The largest absolute Gasteiger partial charge is 0.480 e. The third-order valence-corrected chi connectivity index (χ3v) is 3.04. The molecule has 0 saturated carbocycles. The summed E-state index contributed by atoms with van der Waals surface area (Å²) in [5.41, 5.74) is 4.92. The van der Waals surface area contributed by atoms with E-state index >= 15 is 0 Å². The first-order valence-corrected chi connectivity index (χ1v) is 6.06. The molecule has 0 radical (unpaired) electrons. The highest BCUT2D eigenvalue weighted by Gasteiger charge is 2.26. The molecule has 108 valence electrons. The lowest BCUT2D eigenvalue weighted by Crippen LogP contribution is -2.51. The van der Waals surface area contributed by atoms with Crippen LogP contribution in [0.2, 0.25) is 0 Å². The molecule has 3 amide bonds. The van der Waals surface area contributed by atoms with Crippen molar-refractivity contribution in [2.45, 2.75) is 31.8 Å². The van der Waals surface area contributed by atoms with Gasteiger partial charge in [-0.15, -0.1) is 0 Å². The zero-order chi connectivity index (χ0) is 14.4. The molecule has 0 bridgehead atoms. The Hall–Kier alpha value is -1.83. The minimum atomic E-state index is -1.32. The molecule has 1 rings (SSSR count). The van der Waals surface area contributed by atoms with Crippen LogP contribution in [-0.4, -0.2) is 48.3 Å². The van der Waals surface area contributed by atoms with Crippen LogP contribution in [0.25, 0.3) is 0 Å². The number of carboxylic acids is 1. The first kappa shape index (κ1) is 15.2. The molecule has 19 heavy (non-hydrogen) atoms. The van der Waals surface area contributed by atoms with Gasteiger partial charge in [0.05, 0.1) is 13.0 Å². The molecule has 1 saturated heterocycles. The Morgan fingerprint density at radius 2 is 2.11 bits per heavy atom. The van der Waals surface area contributed by atoms with E-state index in [1.54, 1.807) is 0 Å². The van der Waals surface area contributed by atoms with Gasteiger partial charge in [-0.25, -0.2) is 9.59 Å². The number of nitrogens with two attached hydrogens (primary N) is 1. The van der Waals surface area contributed by atoms with E-state index in [1.165, 1.54) is 0 Å². The van der Waals surface area contributed by atoms with Crippen molar-refractivity contribution in [2.75, 3.05) is 13.2 Å². The van der Waals surface area contributed by atoms with Crippen molar-refractivity contribution in [3.05, 3.63) is 0 Å². The minimum absolute atomic E-state index is 0.134. The summed E-state index contributed by atoms with van der Waals surface area (Å²) in [7, 11) is 0. The van der Waals surface area contributed by atoms with Crippen molar-refractivity contribution >= 4 is 17.9 Å². The number of carboxylic acid groups (broad SMARTS) is 1. The quantitative estimate of drug-likeness (QED) is 0.495. The van der Waals surface area contributed by atoms with Crippen molar-refractivity contribution in [1.82, 2.24) is 10.6 Å². The lowest BCUT2D eigenvalue weighted by Gasteiger charge is -2.21. The molecule has 8 heteroatoms. The van der Waals surface area contributed by atoms with E-state index in [4.69, 9.17) is 15.6 Å². The maximum atomic E-state index is 11.6. The number of nitrogens with one attached hydrogen (secondary N) is 2. The van der Waals surface area contributed by atoms with E-state index in [0.717, 1.165) is 6.42 Å². The van der Waals surface area contributed by atoms with Crippen LogP contribution >= 0.6 is 0 Å². The third kappa shape index (κ3) is 5.12. The predicted octanol–water partition coefficient (Wildman–Crippen LogP) is -0.961. The van der Waals surface area contributed by atoms with E-state index in [9.17, 15) is 14.4 Å². The number of ether oxygens (including phenoxy) is 1. The summed E-state index contributed by atoms with van der Waals surface area (Å²) in [6, 6.07) is -2.08. The molecular formula is C11H19N3O5. The average Bonchev–Trinajstić information content (AvgIpc) is 2.80. The fraction of sp³-hybridized carbons (Fsp3) is 0.727. The second-order valence-corrected chi connectivity index (χ2v) is 4.59. The standard InChI is InChI=1S/C11H19N3O5/c1-6(7-2-3-19-5-7)13-11(18)14-8(10(16)17)4-9(12)15/h6-8H,2-5H2,1H3,(H2,12,15)(H,16,17)(H2,13,14,18)/t6?,7?,8-/m0/s1.